The molecule has 23 heteroatoms. The van der Waals surface area contributed by atoms with Crippen molar-refractivity contribution in [3.05, 3.63) is 16.7 Å². The molecule has 7 atom stereocenters. The van der Waals surface area contributed by atoms with E-state index in [1.807, 2.05) is 0 Å². The zero-order valence-electron chi connectivity index (χ0n) is 16.3. The molecule has 2 aromatic heterocycles. The van der Waals surface area contributed by atoms with Gasteiger partial charge in [-0.05, 0) is 0 Å². The summed E-state index contributed by atoms with van der Waals surface area (Å²) in [5.74, 6) is -0.281. The average Bonchev–Trinajstić information content (AvgIpc) is 3.12. The molecule has 19 nitrogen and oxygen atoms in total. The molecule has 0 saturated carbocycles. The summed E-state index contributed by atoms with van der Waals surface area (Å²) in [7, 11) is -17.1. The van der Waals surface area contributed by atoms with Crippen LogP contribution in [0.3, 0.4) is 0 Å². The van der Waals surface area contributed by atoms with Crippen molar-refractivity contribution in [1.82, 2.24) is 19.5 Å². The largest absolute Gasteiger partial charge is 1.00 e. The Labute approximate surface area is 194 Å². The molecule has 33 heavy (non-hydrogen) atoms. The molecule has 2 aromatic rings. The third-order valence-corrected chi connectivity index (χ3v) is 7.65. The fraction of sp³-hybridized carbons (Fsp3) is 0.500. The molecule has 1 aliphatic rings. The molecule has 0 aromatic carbocycles. The van der Waals surface area contributed by atoms with E-state index in [-0.39, 0.29) is 36.0 Å². The van der Waals surface area contributed by atoms with Gasteiger partial charge < -0.3 is 40.3 Å². The second-order valence-electron chi connectivity index (χ2n) is 6.19. The second kappa shape index (κ2) is 9.96. The van der Waals surface area contributed by atoms with E-state index in [2.05, 4.69) is 28.1 Å². The average molecular weight is 529 g/mol. The van der Waals surface area contributed by atoms with E-state index in [1.54, 1.807) is 0 Å². The summed E-state index contributed by atoms with van der Waals surface area (Å²) in [5.41, 5.74) is 4.48. The van der Waals surface area contributed by atoms with Gasteiger partial charge in [0.2, 0.25) is 5.95 Å². The SMILES string of the molecule is Nc1nc2c(ncn2C2OC(COP(=O)(O)OP(=O)(O)OP(=O)([O-])O)C(O)C2O)c(=O)[nH]1.[Li+]. The Balaban J connectivity index is 0.00000385. The number of imidazole rings is 1. The molecule has 3 rings (SSSR count). The monoisotopic (exact) mass is 529 g/mol. The van der Waals surface area contributed by atoms with E-state index >= 15 is 0 Å². The number of nitrogens with one attached hydrogen (secondary N) is 1. The number of aromatic amines is 1. The van der Waals surface area contributed by atoms with Crippen molar-refractivity contribution in [2.75, 3.05) is 12.3 Å². The number of ether oxygens (including phenoxy) is 1. The van der Waals surface area contributed by atoms with Crippen LogP contribution in [0.2, 0.25) is 0 Å². The van der Waals surface area contributed by atoms with Crippen molar-refractivity contribution in [2.45, 2.75) is 24.5 Å². The van der Waals surface area contributed by atoms with Crippen LogP contribution in [0.4, 0.5) is 5.95 Å². The summed E-state index contributed by atoms with van der Waals surface area (Å²) in [6.45, 7) is -1.03. The van der Waals surface area contributed by atoms with Crippen LogP contribution >= 0.6 is 23.5 Å². The second-order valence-corrected chi connectivity index (χ2v) is 10.6. The molecule has 1 fully saturated rings. The van der Waals surface area contributed by atoms with Crippen LogP contribution < -0.4 is 35.0 Å². The van der Waals surface area contributed by atoms with E-state index in [1.165, 1.54) is 0 Å². The maximum absolute atomic E-state index is 11.8. The zero-order chi connectivity index (χ0) is 24.1. The predicted octanol–water partition coefficient (Wildman–Crippen LogP) is -5.96. The third kappa shape index (κ3) is 6.80. The van der Waals surface area contributed by atoms with Crippen molar-refractivity contribution in [3.63, 3.8) is 0 Å². The summed E-state index contributed by atoms with van der Waals surface area (Å²) >= 11 is 0. The Morgan fingerprint density at radius 2 is 1.82 bits per heavy atom. The molecular formula is C10H15LiN5O14P3. The van der Waals surface area contributed by atoms with Crippen molar-refractivity contribution in [3.8, 4) is 0 Å². The number of H-pyrrole nitrogens is 1. The molecule has 1 saturated heterocycles. The van der Waals surface area contributed by atoms with Gasteiger partial charge in [-0.3, -0.25) is 23.4 Å². The van der Waals surface area contributed by atoms with Gasteiger partial charge in [-0.25, -0.2) is 18.4 Å². The summed E-state index contributed by atoms with van der Waals surface area (Å²) in [6.07, 6.45) is -5.38. The predicted molar refractivity (Wildman–Crippen MR) is 96.1 cm³/mol. The maximum atomic E-state index is 11.8. The van der Waals surface area contributed by atoms with Gasteiger partial charge in [0.05, 0.1) is 12.9 Å². The fourth-order valence-electron chi connectivity index (χ4n) is 2.69. The molecule has 3 heterocycles. The topological polar surface area (TPSA) is 302 Å². The van der Waals surface area contributed by atoms with Gasteiger partial charge in [0.25, 0.3) is 13.4 Å². The Kier molecular flexibility index (Phi) is 8.53. The van der Waals surface area contributed by atoms with Crippen LogP contribution in [0, 0.1) is 0 Å². The molecule has 0 radical (unpaired) electrons. The van der Waals surface area contributed by atoms with Crippen LogP contribution in [0.15, 0.2) is 11.1 Å². The number of phosphoric ester groups is 1. The Morgan fingerprint density at radius 3 is 2.42 bits per heavy atom. The minimum Gasteiger partial charge on any atom is -0.756 e. The summed E-state index contributed by atoms with van der Waals surface area (Å²) in [6, 6.07) is 0. The number of rotatable bonds is 8. The van der Waals surface area contributed by atoms with Crippen molar-refractivity contribution >= 4 is 40.6 Å². The number of nitrogens with zero attached hydrogens (tertiary/aromatic N) is 3. The van der Waals surface area contributed by atoms with Crippen LogP contribution in [0.5, 0.6) is 0 Å². The molecule has 0 spiro atoms. The molecule has 0 amide bonds. The van der Waals surface area contributed by atoms with Gasteiger partial charge >= 0.3 is 34.5 Å². The van der Waals surface area contributed by atoms with E-state index in [0.717, 1.165) is 10.9 Å². The molecule has 7 unspecified atom stereocenters. The zero-order valence-corrected chi connectivity index (χ0v) is 18.9. The third-order valence-electron chi connectivity index (χ3n) is 3.88. The summed E-state index contributed by atoms with van der Waals surface area (Å²) < 4.78 is 51.3. The van der Waals surface area contributed by atoms with E-state index in [9.17, 15) is 38.5 Å². The first-order valence-corrected chi connectivity index (χ1v) is 12.6. The minimum absolute atomic E-state index is 0. The Bertz CT molecular complexity index is 1210. The number of nitrogens with two attached hydrogens (primary N) is 1. The van der Waals surface area contributed by atoms with Crippen LogP contribution in [0.1, 0.15) is 6.23 Å². The van der Waals surface area contributed by atoms with E-state index in [0.29, 0.717) is 0 Å². The van der Waals surface area contributed by atoms with Gasteiger partial charge in [-0.1, -0.05) is 0 Å². The quantitative estimate of drug-likeness (QED) is 0.124. The number of hydrogen-bond acceptors (Lipinski definition) is 14. The first-order chi connectivity index (χ1) is 14.6. The molecule has 180 valence electrons. The number of hydrogen-bond donors (Lipinski definition) is 7. The molecule has 0 bridgehead atoms. The Hall–Kier alpha value is -0.963. The van der Waals surface area contributed by atoms with Gasteiger partial charge in [-0.2, -0.15) is 9.29 Å². The smallest absolute Gasteiger partial charge is 0.756 e. The fourth-order valence-corrected chi connectivity index (χ4v) is 5.69. The van der Waals surface area contributed by atoms with Gasteiger partial charge in [0.15, 0.2) is 17.4 Å². The number of anilines is 1. The number of aromatic nitrogens is 4. The maximum Gasteiger partial charge on any atom is 1.00 e. The van der Waals surface area contributed by atoms with Crippen molar-refractivity contribution in [2.24, 2.45) is 0 Å². The summed E-state index contributed by atoms with van der Waals surface area (Å²) in [4.78, 5) is 59.1. The minimum atomic E-state index is -5.82. The van der Waals surface area contributed by atoms with Gasteiger partial charge in [0.1, 0.15) is 18.3 Å². The van der Waals surface area contributed by atoms with E-state index < -0.39 is 60.2 Å². The van der Waals surface area contributed by atoms with Crippen molar-refractivity contribution in [1.29, 1.82) is 0 Å². The Morgan fingerprint density at radius 1 is 1.18 bits per heavy atom. The summed E-state index contributed by atoms with van der Waals surface area (Å²) in [5, 5.41) is 20.4. The van der Waals surface area contributed by atoms with Gasteiger partial charge in [-0.15, -0.1) is 0 Å². The number of aliphatic hydroxyl groups is 2. The molecule has 0 aliphatic carbocycles. The van der Waals surface area contributed by atoms with Crippen molar-refractivity contribution < 1.29 is 80.2 Å². The first-order valence-electron chi connectivity index (χ1n) is 8.09. The first kappa shape index (κ1) is 28.3. The molecule has 8 N–H and O–H groups in total. The molecule has 1 aliphatic heterocycles. The normalized spacial score (nSPS) is 28.5. The van der Waals surface area contributed by atoms with Crippen LogP contribution in [-0.2, 0) is 31.6 Å². The standard InChI is InChI=1S/C10H16N5O14P3.Li/c11-10-13-7-4(8(18)14-10)12-2-15(7)9-6(17)5(16)3(27-9)1-26-31(22,23)29-32(24,25)28-30(19,20)21;/h2-3,5-6,9,16-17H,1H2,(H,22,23)(H,24,25)(H2,19,20,21)(H3,11,13,14,18);/q;+1/p-1. The van der Waals surface area contributed by atoms with Crippen LogP contribution in [0.25, 0.3) is 11.2 Å². The van der Waals surface area contributed by atoms with E-state index in [4.69, 9.17) is 20.3 Å². The number of aliphatic hydroxyl groups excluding tert-OH is 2. The number of phosphoric acid groups is 3. The number of nitrogen functional groups attached to an aromatic ring is 1. The van der Waals surface area contributed by atoms with Crippen LogP contribution in [-0.4, -0.2) is 69.3 Å². The van der Waals surface area contributed by atoms with Gasteiger partial charge in [0, 0.05) is 0 Å². The molecular weight excluding hydrogens is 514 g/mol. The number of fused-ring (bicyclic) bond motifs is 1.